The van der Waals surface area contributed by atoms with Gasteiger partial charge in [0.1, 0.15) is 5.00 Å². The summed E-state index contributed by atoms with van der Waals surface area (Å²) >= 11 is 6.03. The number of hydrogen-bond donors (Lipinski definition) is 1. The number of carbonyl (C=O) groups excluding carboxylic acids is 2. The van der Waals surface area contributed by atoms with E-state index in [1.54, 1.807) is 36.4 Å². The van der Waals surface area contributed by atoms with Crippen LogP contribution >= 0.6 is 11.6 Å². The largest absolute Gasteiger partial charge is 0.309 e. The van der Waals surface area contributed by atoms with Crippen molar-refractivity contribution in [1.29, 1.82) is 0 Å². The van der Waals surface area contributed by atoms with E-state index in [9.17, 15) is 9.59 Å². The van der Waals surface area contributed by atoms with E-state index in [0.717, 1.165) is 0 Å². The molecule has 0 aromatic heterocycles. The Kier molecular flexibility index (Phi) is 2.30. The highest BCUT2D eigenvalue weighted by atomic mass is 35.5. The molecule has 4 heteroatoms. The van der Waals surface area contributed by atoms with Gasteiger partial charge >= 0.3 is 0 Å². The molecule has 0 saturated carbocycles. The highest BCUT2D eigenvalue weighted by Gasteiger charge is 2.36. The lowest BCUT2D eigenvalue weighted by molar-refractivity contribution is 0.0972. The van der Waals surface area contributed by atoms with Gasteiger partial charge in [-0.05, 0) is 6.08 Å². The molecule has 2 aliphatic carbocycles. The smallest absolute Gasteiger partial charge is 0.194 e. The molecule has 1 atom stereocenters. The van der Waals surface area contributed by atoms with Gasteiger partial charge in [0.2, 0.25) is 0 Å². The second-order valence-electron chi connectivity index (χ2n) is 4.53. The molecule has 0 bridgehead atoms. The van der Waals surface area contributed by atoms with Crippen molar-refractivity contribution >= 4 is 23.2 Å². The highest BCUT2D eigenvalue weighted by Crippen LogP contribution is 2.36. The van der Waals surface area contributed by atoms with Crippen LogP contribution in [-0.2, 0) is 0 Å². The molecule has 3 nitrogen and oxygen atoms in total. The molecule has 2 N–H and O–H groups in total. The lowest BCUT2D eigenvalue weighted by Crippen LogP contribution is -2.37. The summed E-state index contributed by atoms with van der Waals surface area (Å²) in [7, 11) is 0. The molecule has 0 aliphatic heterocycles. The zero-order valence-electron chi connectivity index (χ0n) is 9.44. The molecule has 0 saturated heterocycles. The van der Waals surface area contributed by atoms with Crippen molar-refractivity contribution in [3.8, 4) is 0 Å². The van der Waals surface area contributed by atoms with Crippen molar-refractivity contribution in [2.45, 2.75) is 11.4 Å². The van der Waals surface area contributed by atoms with Crippen LogP contribution in [0.2, 0.25) is 0 Å². The number of rotatable bonds is 0. The highest BCUT2D eigenvalue weighted by molar-refractivity contribution is 6.31. The molecule has 0 radical (unpaired) electrons. The number of hydrogen-bond acceptors (Lipinski definition) is 3. The van der Waals surface area contributed by atoms with Crippen molar-refractivity contribution in [3.63, 3.8) is 0 Å². The van der Waals surface area contributed by atoms with Crippen LogP contribution in [0.4, 0.5) is 0 Å². The third-order valence-corrected chi connectivity index (χ3v) is 3.49. The Labute approximate surface area is 109 Å². The van der Waals surface area contributed by atoms with Crippen LogP contribution in [0.3, 0.4) is 0 Å². The van der Waals surface area contributed by atoms with Crippen LogP contribution in [-0.4, -0.2) is 16.6 Å². The van der Waals surface area contributed by atoms with E-state index in [1.807, 2.05) is 0 Å². The molecule has 0 spiro atoms. The first-order chi connectivity index (χ1) is 8.49. The number of allylic oxidation sites excluding steroid dienone is 2. The molecule has 0 amide bonds. The quantitative estimate of drug-likeness (QED) is 0.574. The molecule has 90 valence electrons. The summed E-state index contributed by atoms with van der Waals surface area (Å²) in [5, 5.41) is 0. The fourth-order valence-corrected chi connectivity index (χ4v) is 2.55. The van der Waals surface area contributed by atoms with Gasteiger partial charge < -0.3 is 5.73 Å². The van der Waals surface area contributed by atoms with E-state index in [2.05, 4.69) is 0 Å². The van der Waals surface area contributed by atoms with Crippen molar-refractivity contribution in [1.82, 2.24) is 0 Å². The van der Waals surface area contributed by atoms with Crippen molar-refractivity contribution in [2.75, 3.05) is 0 Å². The Morgan fingerprint density at radius 2 is 1.72 bits per heavy atom. The van der Waals surface area contributed by atoms with Gasteiger partial charge in [0.05, 0.1) is 0 Å². The minimum absolute atomic E-state index is 0.136. The number of benzene rings is 1. The van der Waals surface area contributed by atoms with E-state index >= 15 is 0 Å². The summed E-state index contributed by atoms with van der Waals surface area (Å²) in [5.41, 5.74) is 7.51. The maximum atomic E-state index is 12.3. The van der Waals surface area contributed by atoms with Gasteiger partial charge in [-0.3, -0.25) is 9.59 Å². The first-order valence-corrected chi connectivity index (χ1v) is 5.96. The second kappa shape index (κ2) is 3.64. The van der Waals surface area contributed by atoms with Gasteiger partial charge in [0, 0.05) is 28.7 Å². The summed E-state index contributed by atoms with van der Waals surface area (Å²) in [6.07, 6.45) is 3.30. The molecule has 18 heavy (non-hydrogen) atoms. The fourth-order valence-electron chi connectivity index (χ4n) is 2.35. The van der Waals surface area contributed by atoms with Gasteiger partial charge in [-0.15, -0.1) is 0 Å². The normalized spacial score (nSPS) is 26.1. The van der Waals surface area contributed by atoms with Crippen molar-refractivity contribution in [2.24, 2.45) is 5.73 Å². The van der Waals surface area contributed by atoms with E-state index in [0.29, 0.717) is 22.3 Å². The third kappa shape index (κ3) is 1.55. The molecule has 1 aromatic rings. The Hall–Kier alpha value is -1.71. The monoisotopic (exact) mass is 259 g/mol. The predicted octanol–water partition coefficient (Wildman–Crippen LogP) is 2.22. The lowest BCUT2D eigenvalue weighted by atomic mass is 9.79. The zero-order chi connectivity index (χ0) is 12.9. The van der Waals surface area contributed by atoms with E-state index in [4.69, 9.17) is 17.3 Å². The molecular weight excluding hydrogens is 250 g/mol. The Morgan fingerprint density at radius 3 is 2.39 bits per heavy atom. The van der Waals surface area contributed by atoms with Crippen LogP contribution in [0.25, 0.3) is 0 Å². The van der Waals surface area contributed by atoms with Crippen molar-refractivity contribution in [3.05, 3.63) is 58.7 Å². The molecule has 2 aliphatic rings. The number of ketones is 2. The second-order valence-corrected chi connectivity index (χ2v) is 5.24. The first kappa shape index (κ1) is 11.4. The van der Waals surface area contributed by atoms with E-state index in [-0.39, 0.29) is 18.0 Å². The van der Waals surface area contributed by atoms with E-state index in [1.165, 1.54) is 0 Å². The standard InChI is InChI=1S/C14H10ClNO2/c15-14(16)6-5-10-11(7-14)13(18)9-4-2-1-3-8(9)12(10)17/h1-6H,7,16H2. The maximum Gasteiger partial charge on any atom is 0.194 e. The van der Waals surface area contributed by atoms with E-state index < -0.39 is 5.00 Å². The summed E-state index contributed by atoms with van der Waals surface area (Å²) in [5.74, 6) is -0.288. The third-order valence-electron chi connectivity index (χ3n) is 3.23. The lowest BCUT2D eigenvalue weighted by Gasteiger charge is -2.28. The van der Waals surface area contributed by atoms with Gasteiger partial charge in [-0.25, -0.2) is 0 Å². The minimum Gasteiger partial charge on any atom is -0.309 e. The number of fused-ring (bicyclic) bond motifs is 1. The SMILES string of the molecule is NC1(Cl)C=CC2=C(C1)C(=O)c1ccccc1C2=O. The fraction of sp³-hybridized carbons (Fsp3) is 0.143. The van der Waals surface area contributed by atoms with Crippen LogP contribution in [0.5, 0.6) is 0 Å². The number of alkyl halides is 1. The Balaban J connectivity index is 2.20. The van der Waals surface area contributed by atoms with Gasteiger partial charge in [0.25, 0.3) is 0 Å². The van der Waals surface area contributed by atoms with Crippen LogP contribution in [0.1, 0.15) is 27.1 Å². The average molecular weight is 260 g/mol. The number of nitrogens with two attached hydrogens (primary N) is 1. The molecule has 3 rings (SSSR count). The molecule has 1 unspecified atom stereocenters. The summed E-state index contributed by atoms with van der Waals surface area (Å²) < 4.78 is 0. The Bertz CT molecular complexity index is 641. The van der Waals surface area contributed by atoms with Crippen LogP contribution < -0.4 is 5.73 Å². The number of carbonyl (C=O) groups is 2. The molecular formula is C14H10ClNO2. The molecule has 0 fully saturated rings. The summed E-state index contributed by atoms with van der Waals surface area (Å²) in [6.45, 7) is 0. The van der Waals surface area contributed by atoms with Gasteiger partial charge in [-0.2, -0.15) is 0 Å². The summed E-state index contributed by atoms with van der Waals surface area (Å²) in [4.78, 5) is 23.5. The van der Waals surface area contributed by atoms with Crippen molar-refractivity contribution < 1.29 is 9.59 Å². The Morgan fingerprint density at radius 1 is 1.11 bits per heavy atom. The topological polar surface area (TPSA) is 60.2 Å². The molecule has 1 aromatic carbocycles. The number of halogens is 1. The summed E-state index contributed by atoms with van der Waals surface area (Å²) in [6, 6.07) is 6.81. The van der Waals surface area contributed by atoms with Gasteiger partial charge in [0.15, 0.2) is 11.6 Å². The van der Waals surface area contributed by atoms with Gasteiger partial charge in [-0.1, -0.05) is 41.9 Å². The first-order valence-electron chi connectivity index (χ1n) is 5.58. The predicted molar refractivity (Wildman–Crippen MR) is 68.7 cm³/mol. The zero-order valence-corrected chi connectivity index (χ0v) is 10.2. The minimum atomic E-state index is -1.08. The average Bonchev–Trinajstić information content (AvgIpc) is 2.35. The molecule has 0 heterocycles. The maximum absolute atomic E-state index is 12.3. The van der Waals surface area contributed by atoms with Crippen LogP contribution in [0, 0.1) is 0 Å². The number of Topliss-reactive ketones (excluding diaryl/α,β-unsaturated/α-hetero) is 2. The van der Waals surface area contributed by atoms with Crippen LogP contribution in [0.15, 0.2) is 47.6 Å².